The Hall–Kier alpha value is -0.260. The Morgan fingerprint density at radius 2 is 2.33 bits per heavy atom. The molecule has 2 N–H and O–H groups in total. The smallest absolute Gasteiger partial charge is 0.326 e. The van der Waals surface area contributed by atoms with Crippen molar-refractivity contribution in [2.45, 2.75) is 43.4 Å². The second kappa shape index (κ2) is 6.26. The SMILES string of the molecule is CCOC(=O)C1(N)CCCC1CCSC1COC1. The van der Waals surface area contributed by atoms with Gasteiger partial charge in [-0.25, -0.2) is 0 Å². The molecule has 1 saturated carbocycles. The monoisotopic (exact) mass is 273 g/mol. The van der Waals surface area contributed by atoms with Gasteiger partial charge in [0.05, 0.1) is 25.1 Å². The van der Waals surface area contributed by atoms with E-state index in [4.69, 9.17) is 15.2 Å². The third-order valence-electron chi connectivity index (χ3n) is 3.95. The minimum absolute atomic E-state index is 0.204. The highest BCUT2D eigenvalue weighted by molar-refractivity contribution is 8.00. The topological polar surface area (TPSA) is 61.5 Å². The summed E-state index contributed by atoms with van der Waals surface area (Å²) in [5.41, 5.74) is 5.56. The van der Waals surface area contributed by atoms with Crippen molar-refractivity contribution < 1.29 is 14.3 Å². The molecule has 5 heteroatoms. The number of thioether (sulfide) groups is 1. The molecule has 0 bridgehead atoms. The second-order valence-electron chi connectivity index (χ2n) is 5.17. The molecule has 0 spiro atoms. The van der Waals surface area contributed by atoms with Crippen LogP contribution in [0.15, 0.2) is 0 Å². The Balaban J connectivity index is 1.79. The van der Waals surface area contributed by atoms with Crippen LogP contribution in [0.2, 0.25) is 0 Å². The maximum atomic E-state index is 12.0. The van der Waals surface area contributed by atoms with Crippen LogP contribution < -0.4 is 5.73 Å². The summed E-state index contributed by atoms with van der Waals surface area (Å²) in [6, 6.07) is 0. The molecule has 0 radical (unpaired) electrons. The summed E-state index contributed by atoms with van der Waals surface area (Å²) < 4.78 is 10.3. The number of nitrogens with two attached hydrogens (primary N) is 1. The van der Waals surface area contributed by atoms with Crippen LogP contribution in [0.25, 0.3) is 0 Å². The van der Waals surface area contributed by atoms with Crippen LogP contribution in [0.5, 0.6) is 0 Å². The zero-order valence-electron chi connectivity index (χ0n) is 11.0. The van der Waals surface area contributed by atoms with Crippen molar-refractivity contribution >= 4 is 17.7 Å². The van der Waals surface area contributed by atoms with E-state index in [1.807, 2.05) is 18.7 Å². The van der Waals surface area contributed by atoms with Crippen LogP contribution >= 0.6 is 11.8 Å². The van der Waals surface area contributed by atoms with Crippen LogP contribution in [-0.2, 0) is 14.3 Å². The molecule has 18 heavy (non-hydrogen) atoms. The largest absolute Gasteiger partial charge is 0.465 e. The molecule has 1 heterocycles. The van der Waals surface area contributed by atoms with Crippen molar-refractivity contribution in [3.05, 3.63) is 0 Å². The van der Waals surface area contributed by atoms with Gasteiger partial charge in [-0.2, -0.15) is 11.8 Å². The van der Waals surface area contributed by atoms with Crippen molar-refractivity contribution in [3.63, 3.8) is 0 Å². The van der Waals surface area contributed by atoms with E-state index in [2.05, 4.69) is 0 Å². The van der Waals surface area contributed by atoms with E-state index < -0.39 is 5.54 Å². The maximum Gasteiger partial charge on any atom is 0.326 e. The predicted octanol–water partition coefficient (Wildman–Crippen LogP) is 1.57. The first-order valence-corrected chi connectivity index (χ1v) is 7.87. The number of esters is 1. The number of ether oxygens (including phenoxy) is 2. The molecule has 2 rings (SSSR count). The van der Waals surface area contributed by atoms with E-state index >= 15 is 0 Å². The lowest BCUT2D eigenvalue weighted by Gasteiger charge is -2.30. The Bertz CT molecular complexity index is 296. The molecule has 0 aromatic carbocycles. The fourth-order valence-electron chi connectivity index (χ4n) is 2.73. The van der Waals surface area contributed by atoms with Crippen LogP contribution in [0.4, 0.5) is 0 Å². The van der Waals surface area contributed by atoms with Gasteiger partial charge in [-0.3, -0.25) is 4.79 Å². The Kier molecular flexibility index (Phi) is 4.92. The first-order valence-electron chi connectivity index (χ1n) is 6.82. The molecule has 1 saturated heterocycles. The van der Waals surface area contributed by atoms with Crippen molar-refractivity contribution in [1.82, 2.24) is 0 Å². The fraction of sp³-hybridized carbons (Fsp3) is 0.923. The van der Waals surface area contributed by atoms with Crippen molar-refractivity contribution in [2.75, 3.05) is 25.6 Å². The molecule has 2 aliphatic rings. The average Bonchev–Trinajstić information content (AvgIpc) is 2.66. The Morgan fingerprint density at radius 1 is 1.56 bits per heavy atom. The Morgan fingerprint density at radius 3 is 2.94 bits per heavy atom. The van der Waals surface area contributed by atoms with E-state index in [0.29, 0.717) is 11.9 Å². The quantitative estimate of drug-likeness (QED) is 0.744. The molecule has 1 aliphatic carbocycles. The van der Waals surface area contributed by atoms with Gasteiger partial charge in [0.25, 0.3) is 0 Å². The minimum Gasteiger partial charge on any atom is -0.465 e. The fourth-order valence-corrected chi connectivity index (χ4v) is 3.86. The number of rotatable bonds is 6. The highest BCUT2D eigenvalue weighted by Gasteiger charge is 2.46. The molecule has 0 aromatic rings. The number of carbonyl (C=O) groups excluding carboxylic acids is 1. The molecule has 2 fully saturated rings. The third kappa shape index (κ3) is 3.00. The van der Waals surface area contributed by atoms with Gasteiger partial charge in [-0.15, -0.1) is 0 Å². The summed E-state index contributed by atoms with van der Waals surface area (Å²) in [5.74, 6) is 1.14. The van der Waals surface area contributed by atoms with E-state index in [1.54, 1.807) is 0 Å². The van der Waals surface area contributed by atoms with Gasteiger partial charge in [-0.05, 0) is 37.9 Å². The highest BCUT2D eigenvalue weighted by Crippen LogP contribution is 2.38. The van der Waals surface area contributed by atoms with E-state index in [-0.39, 0.29) is 11.9 Å². The average molecular weight is 273 g/mol. The number of hydrogen-bond acceptors (Lipinski definition) is 5. The molecule has 104 valence electrons. The highest BCUT2D eigenvalue weighted by atomic mass is 32.2. The maximum absolute atomic E-state index is 12.0. The predicted molar refractivity (Wildman–Crippen MR) is 72.6 cm³/mol. The number of carbonyl (C=O) groups is 1. The van der Waals surface area contributed by atoms with Gasteiger partial charge in [0, 0.05) is 0 Å². The van der Waals surface area contributed by atoms with Gasteiger partial charge < -0.3 is 15.2 Å². The molecule has 1 aliphatic heterocycles. The van der Waals surface area contributed by atoms with Gasteiger partial charge in [0.1, 0.15) is 5.54 Å². The summed E-state index contributed by atoms with van der Waals surface area (Å²) in [4.78, 5) is 12.0. The molecule has 0 amide bonds. The summed E-state index contributed by atoms with van der Waals surface area (Å²) in [6.07, 6.45) is 3.87. The molecular formula is C13H23NO3S. The zero-order valence-corrected chi connectivity index (χ0v) is 11.8. The van der Waals surface area contributed by atoms with Crippen molar-refractivity contribution in [2.24, 2.45) is 11.7 Å². The van der Waals surface area contributed by atoms with Crippen LogP contribution in [0, 0.1) is 5.92 Å². The molecule has 4 nitrogen and oxygen atoms in total. The van der Waals surface area contributed by atoms with Gasteiger partial charge in [-0.1, -0.05) is 6.42 Å². The van der Waals surface area contributed by atoms with E-state index in [1.165, 1.54) is 0 Å². The first-order chi connectivity index (χ1) is 8.66. The summed E-state index contributed by atoms with van der Waals surface area (Å²) in [6.45, 7) is 4.00. The third-order valence-corrected chi connectivity index (χ3v) is 5.17. The summed E-state index contributed by atoms with van der Waals surface area (Å²) >= 11 is 1.94. The van der Waals surface area contributed by atoms with Gasteiger partial charge >= 0.3 is 5.97 Å². The second-order valence-corrected chi connectivity index (χ2v) is 6.58. The normalized spacial score (nSPS) is 32.2. The molecular weight excluding hydrogens is 250 g/mol. The summed E-state index contributed by atoms with van der Waals surface area (Å²) in [7, 11) is 0. The molecule has 0 aromatic heterocycles. The number of hydrogen-bond donors (Lipinski definition) is 1. The van der Waals surface area contributed by atoms with Crippen molar-refractivity contribution in [1.29, 1.82) is 0 Å². The van der Waals surface area contributed by atoms with Crippen molar-refractivity contribution in [3.8, 4) is 0 Å². The van der Waals surface area contributed by atoms with Crippen LogP contribution in [0.1, 0.15) is 32.6 Å². The van der Waals surface area contributed by atoms with Crippen LogP contribution in [-0.4, -0.2) is 42.3 Å². The lowest BCUT2D eigenvalue weighted by molar-refractivity contribution is -0.151. The van der Waals surface area contributed by atoms with Gasteiger partial charge in [0.15, 0.2) is 0 Å². The van der Waals surface area contributed by atoms with Gasteiger partial charge in [0.2, 0.25) is 0 Å². The minimum atomic E-state index is -0.729. The zero-order chi connectivity index (χ0) is 13.0. The first kappa shape index (κ1) is 14.2. The molecule has 2 atom stereocenters. The lowest BCUT2D eigenvalue weighted by atomic mass is 9.86. The lowest BCUT2D eigenvalue weighted by Crippen LogP contribution is -2.52. The standard InChI is InChI=1S/C13H23NO3S/c1-2-17-12(15)13(14)6-3-4-10(13)5-7-18-11-8-16-9-11/h10-11H,2-9,14H2,1H3. The summed E-state index contributed by atoms with van der Waals surface area (Å²) in [5, 5.41) is 0.654. The van der Waals surface area contributed by atoms with E-state index in [0.717, 1.165) is 44.6 Å². The Labute approximate surface area is 113 Å². The molecule has 2 unspecified atom stereocenters. The van der Waals surface area contributed by atoms with E-state index in [9.17, 15) is 4.79 Å². The van der Waals surface area contributed by atoms with Crippen LogP contribution in [0.3, 0.4) is 0 Å².